The third-order valence-electron chi connectivity index (χ3n) is 2.79. The lowest BCUT2D eigenvalue weighted by Crippen LogP contribution is -2.14. The normalized spacial score (nSPS) is 11.8. The first-order valence-electron chi connectivity index (χ1n) is 5.97. The monoisotopic (exact) mass is 314 g/mol. The summed E-state index contributed by atoms with van der Waals surface area (Å²) in [6, 6.07) is 5.57. The van der Waals surface area contributed by atoms with Gasteiger partial charge in [-0.25, -0.2) is 4.98 Å². The summed E-state index contributed by atoms with van der Waals surface area (Å²) in [5, 5.41) is 1.93. The first-order valence-corrected chi connectivity index (χ1v) is 7.54. The number of nitrogen functional groups attached to an aromatic ring is 1. The molecule has 2 N–H and O–H groups in total. The summed E-state index contributed by atoms with van der Waals surface area (Å²) in [6.45, 7) is 6.40. The van der Waals surface area contributed by atoms with Gasteiger partial charge in [0.15, 0.2) is 5.13 Å². The van der Waals surface area contributed by atoms with E-state index >= 15 is 0 Å². The van der Waals surface area contributed by atoms with Crippen LogP contribution in [0.2, 0.25) is 10.0 Å². The average molecular weight is 315 g/mol. The molecule has 0 saturated carbocycles. The number of nitrogens with two attached hydrogens (primary N) is 1. The van der Waals surface area contributed by atoms with E-state index in [1.54, 1.807) is 6.07 Å². The molecule has 0 aliphatic carbocycles. The van der Waals surface area contributed by atoms with E-state index in [-0.39, 0.29) is 5.41 Å². The number of aromatic nitrogens is 1. The maximum atomic E-state index is 6.22. The average Bonchev–Trinajstić information content (AvgIpc) is 2.63. The predicted octanol–water partition coefficient (Wildman–Crippen LogP) is 4.92. The summed E-state index contributed by atoms with van der Waals surface area (Å²) in [6.07, 6.45) is 0.734. The standard InChI is InChI=1S/C14H16Cl2N2S/c1-14(2,3)12-11(19-13(17)18-12)6-8-4-5-9(15)7-10(8)16/h4-5,7H,6H2,1-3H3,(H2,17,18). The van der Waals surface area contributed by atoms with Gasteiger partial charge < -0.3 is 5.73 Å². The SMILES string of the molecule is CC(C)(C)c1nc(N)sc1Cc1ccc(Cl)cc1Cl. The number of nitrogens with zero attached hydrogens (tertiary/aromatic N) is 1. The molecule has 2 nitrogen and oxygen atoms in total. The molecule has 0 amide bonds. The zero-order valence-corrected chi connectivity index (χ0v) is 13.5. The molecule has 2 rings (SSSR count). The minimum Gasteiger partial charge on any atom is -0.375 e. The highest BCUT2D eigenvalue weighted by atomic mass is 35.5. The molecule has 0 atom stereocenters. The third kappa shape index (κ3) is 3.41. The number of thiazole rings is 1. The molecular formula is C14H16Cl2N2S. The summed E-state index contributed by atoms with van der Waals surface area (Å²) in [4.78, 5) is 5.61. The van der Waals surface area contributed by atoms with Crippen molar-refractivity contribution in [3.8, 4) is 0 Å². The van der Waals surface area contributed by atoms with Crippen LogP contribution in [0.3, 0.4) is 0 Å². The lowest BCUT2D eigenvalue weighted by Gasteiger charge is -2.17. The largest absolute Gasteiger partial charge is 0.375 e. The molecule has 5 heteroatoms. The van der Waals surface area contributed by atoms with E-state index in [2.05, 4.69) is 25.8 Å². The summed E-state index contributed by atoms with van der Waals surface area (Å²) >= 11 is 13.7. The van der Waals surface area contributed by atoms with Crippen molar-refractivity contribution in [1.82, 2.24) is 4.98 Å². The molecule has 0 fully saturated rings. The fourth-order valence-corrected chi connectivity index (χ4v) is 3.45. The smallest absolute Gasteiger partial charge is 0.180 e. The van der Waals surface area contributed by atoms with Crippen molar-refractivity contribution >= 4 is 39.7 Å². The van der Waals surface area contributed by atoms with E-state index in [0.29, 0.717) is 15.2 Å². The Hall–Kier alpha value is -0.770. The van der Waals surface area contributed by atoms with Crippen molar-refractivity contribution in [3.63, 3.8) is 0 Å². The highest BCUT2D eigenvalue weighted by Crippen LogP contribution is 2.34. The molecule has 19 heavy (non-hydrogen) atoms. The Labute approximate surface area is 127 Å². The second-order valence-electron chi connectivity index (χ2n) is 5.49. The summed E-state index contributed by atoms with van der Waals surface area (Å²) in [5.74, 6) is 0. The molecule has 0 aliphatic rings. The second-order valence-corrected chi connectivity index (χ2v) is 7.45. The van der Waals surface area contributed by atoms with E-state index in [9.17, 15) is 0 Å². The Balaban J connectivity index is 2.38. The van der Waals surface area contributed by atoms with Crippen molar-refractivity contribution in [1.29, 1.82) is 0 Å². The lowest BCUT2D eigenvalue weighted by atomic mass is 9.90. The fraction of sp³-hybridized carbons (Fsp3) is 0.357. The van der Waals surface area contributed by atoms with Crippen LogP contribution in [0, 0.1) is 0 Å². The molecular weight excluding hydrogens is 299 g/mol. The summed E-state index contributed by atoms with van der Waals surface area (Å²) < 4.78 is 0. The predicted molar refractivity (Wildman–Crippen MR) is 84.5 cm³/mol. The van der Waals surface area contributed by atoms with Crippen LogP contribution in [0.15, 0.2) is 18.2 Å². The van der Waals surface area contributed by atoms with Crippen molar-refractivity contribution in [2.45, 2.75) is 32.6 Å². The van der Waals surface area contributed by atoms with Gasteiger partial charge in [0, 0.05) is 26.8 Å². The van der Waals surface area contributed by atoms with E-state index in [4.69, 9.17) is 28.9 Å². The molecule has 2 aromatic rings. The molecule has 0 bridgehead atoms. The molecule has 0 unspecified atom stereocenters. The second kappa shape index (κ2) is 5.31. The maximum absolute atomic E-state index is 6.22. The van der Waals surface area contributed by atoms with Gasteiger partial charge in [-0.3, -0.25) is 0 Å². The topological polar surface area (TPSA) is 38.9 Å². The first-order chi connectivity index (χ1) is 8.77. The van der Waals surface area contributed by atoms with Crippen LogP contribution in [0.1, 0.15) is 36.9 Å². The first kappa shape index (κ1) is 14.6. The highest BCUT2D eigenvalue weighted by molar-refractivity contribution is 7.15. The summed E-state index contributed by atoms with van der Waals surface area (Å²) in [7, 11) is 0. The van der Waals surface area contributed by atoms with Gasteiger partial charge in [0.25, 0.3) is 0 Å². The highest BCUT2D eigenvalue weighted by Gasteiger charge is 2.23. The van der Waals surface area contributed by atoms with Gasteiger partial charge in [-0.15, -0.1) is 11.3 Å². The van der Waals surface area contributed by atoms with Crippen LogP contribution in [0.25, 0.3) is 0 Å². The Kier molecular flexibility index (Phi) is 4.09. The van der Waals surface area contributed by atoms with Gasteiger partial charge in [0.1, 0.15) is 0 Å². The van der Waals surface area contributed by atoms with E-state index in [1.807, 2.05) is 12.1 Å². The third-order valence-corrected chi connectivity index (χ3v) is 4.26. The number of rotatable bonds is 2. The van der Waals surface area contributed by atoms with Crippen molar-refractivity contribution in [3.05, 3.63) is 44.4 Å². The Morgan fingerprint density at radius 1 is 1.26 bits per heavy atom. The van der Waals surface area contributed by atoms with Crippen LogP contribution in [-0.2, 0) is 11.8 Å². The van der Waals surface area contributed by atoms with Crippen LogP contribution < -0.4 is 5.73 Å². The van der Waals surface area contributed by atoms with Crippen LogP contribution in [0.5, 0.6) is 0 Å². The number of benzene rings is 1. The molecule has 0 radical (unpaired) electrons. The van der Waals surface area contributed by atoms with Crippen molar-refractivity contribution < 1.29 is 0 Å². The van der Waals surface area contributed by atoms with Crippen LogP contribution in [-0.4, -0.2) is 4.98 Å². The molecule has 102 valence electrons. The Morgan fingerprint density at radius 3 is 2.53 bits per heavy atom. The van der Waals surface area contributed by atoms with Gasteiger partial charge in [0.05, 0.1) is 5.69 Å². The molecule has 0 spiro atoms. The van der Waals surface area contributed by atoms with Gasteiger partial charge >= 0.3 is 0 Å². The lowest BCUT2D eigenvalue weighted by molar-refractivity contribution is 0.568. The Bertz CT molecular complexity index is 600. The molecule has 1 aromatic heterocycles. The molecule has 0 saturated heterocycles. The quantitative estimate of drug-likeness (QED) is 0.854. The van der Waals surface area contributed by atoms with Crippen LogP contribution >= 0.6 is 34.5 Å². The Morgan fingerprint density at radius 2 is 1.95 bits per heavy atom. The van der Waals surface area contributed by atoms with Gasteiger partial charge in [-0.1, -0.05) is 50.0 Å². The van der Waals surface area contributed by atoms with Crippen LogP contribution in [0.4, 0.5) is 5.13 Å². The van der Waals surface area contributed by atoms with Crippen molar-refractivity contribution in [2.75, 3.05) is 5.73 Å². The number of hydrogen-bond acceptors (Lipinski definition) is 3. The van der Waals surface area contributed by atoms with E-state index in [1.165, 1.54) is 11.3 Å². The number of anilines is 1. The van der Waals surface area contributed by atoms with Gasteiger partial charge in [-0.05, 0) is 17.7 Å². The fourth-order valence-electron chi connectivity index (χ4n) is 1.91. The maximum Gasteiger partial charge on any atom is 0.180 e. The van der Waals surface area contributed by atoms with Gasteiger partial charge in [-0.2, -0.15) is 0 Å². The minimum absolute atomic E-state index is 0.0254. The zero-order valence-electron chi connectivity index (χ0n) is 11.1. The molecule has 1 aromatic carbocycles. The van der Waals surface area contributed by atoms with Gasteiger partial charge in [0.2, 0.25) is 0 Å². The van der Waals surface area contributed by atoms with E-state index in [0.717, 1.165) is 22.6 Å². The number of halogens is 2. The van der Waals surface area contributed by atoms with Crippen molar-refractivity contribution in [2.24, 2.45) is 0 Å². The molecule has 0 aliphatic heterocycles. The zero-order chi connectivity index (χ0) is 14.2. The minimum atomic E-state index is -0.0254. The molecule has 1 heterocycles. The number of hydrogen-bond donors (Lipinski definition) is 1. The summed E-state index contributed by atoms with van der Waals surface area (Å²) in [5.41, 5.74) is 7.90. The van der Waals surface area contributed by atoms with E-state index < -0.39 is 0 Å².